The molecule has 20 heavy (non-hydrogen) atoms. The van der Waals surface area contributed by atoms with E-state index < -0.39 is 0 Å². The highest BCUT2D eigenvalue weighted by Gasteiger charge is 2.56. The van der Waals surface area contributed by atoms with Gasteiger partial charge in [0.05, 0.1) is 0 Å². The van der Waals surface area contributed by atoms with Crippen molar-refractivity contribution in [1.29, 1.82) is 0 Å². The predicted octanol–water partition coefficient (Wildman–Crippen LogP) is 3.81. The zero-order valence-corrected chi connectivity index (χ0v) is 12.0. The quantitative estimate of drug-likeness (QED) is 0.774. The molecule has 5 aliphatic rings. The fourth-order valence-corrected chi connectivity index (χ4v) is 6.07. The van der Waals surface area contributed by atoms with Gasteiger partial charge < -0.3 is 5.11 Å². The van der Waals surface area contributed by atoms with E-state index in [1.54, 1.807) is 5.56 Å². The van der Waals surface area contributed by atoms with Gasteiger partial charge in [0, 0.05) is 18.0 Å². The minimum Gasteiger partial charge on any atom is -0.508 e. The Morgan fingerprint density at radius 3 is 2.80 bits per heavy atom. The maximum absolute atomic E-state index is 9.93. The zero-order chi connectivity index (χ0) is 13.3. The van der Waals surface area contributed by atoms with E-state index in [4.69, 9.17) is 0 Å². The van der Waals surface area contributed by atoms with Gasteiger partial charge in [-0.2, -0.15) is 0 Å². The summed E-state index contributed by atoms with van der Waals surface area (Å²) in [4.78, 5) is 2.82. The Hall–Kier alpha value is -1.02. The maximum Gasteiger partial charge on any atom is 0.115 e. The van der Waals surface area contributed by atoms with Crippen LogP contribution in [0.5, 0.6) is 5.75 Å². The Morgan fingerprint density at radius 1 is 0.950 bits per heavy atom. The Kier molecular flexibility index (Phi) is 2.33. The fraction of sp³-hybridized carbons (Fsp3) is 0.667. The van der Waals surface area contributed by atoms with Crippen LogP contribution in [0.15, 0.2) is 18.2 Å². The number of phenolic OH excluding ortho intramolecular Hbond substituents is 1. The van der Waals surface area contributed by atoms with Crippen LogP contribution in [0.25, 0.3) is 0 Å². The van der Waals surface area contributed by atoms with Crippen molar-refractivity contribution in [3.63, 3.8) is 0 Å². The van der Waals surface area contributed by atoms with E-state index in [9.17, 15) is 5.11 Å². The summed E-state index contributed by atoms with van der Waals surface area (Å²) in [5.74, 6) is 3.00. The van der Waals surface area contributed by atoms with E-state index in [0.717, 1.165) is 23.8 Å². The smallest absolute Gasteiger partial charge is 0.115 e. The van der Waals surface area contributed by atoms with Crippen LogP contribution >= 0.6 is 0 Å². The lowest BCUT2D eigenvalue weighted by atomic mass is 9.59. The molecule has 0 unspecified atom stereocenters. The summed E-state index contributed by atoms with van der Waals surface area (Å²) in [5, 5.41) is 9.93. The first-order valence-electron chi connectivity index (χ1n) is 8.43. The summed E-state index contributed by atoms with van der Waals surface area (Å²) in [6.07, 6.45) is 8.44. The van der Waals surface area contributed by atoms with E-state index in [-0.39, 0.29) is 0 Å². The van der Waals surface area contributed by atoms with Crippen molar-refractivity contribution in [3.8, 4) is 5.75 Å². The molecule has 106 valence electrons. The number of rotatable bonds is 0. The highest BCUT2D eigenvalue weighted by atomic mass is 16.3. The number of piperidine rings is 2. The molecular weight excluding hydrogens is 246 g/mol. The molecule has 0 radical (unpaired) electrons. The second kappa shape index (κ2) is 4.00. The van der Waals surface area contributed by atoms with Crippen LogP contribution in [-0.2, 0) is 0 Å². The Labute approximate surface area is 120 Å². The summed E-state index contributed by atoms with van der Waals surface area (Å²) in [7, 11) is 0. The van der Waals surface area contributed by atoms with Gasteiger partial charge in [0.25, 0.3) is 0 Å². The van der Waals surface area contributed by atoms with Gasteiger partial charge in [0.1, 0.15) is 5.75 Å². The van der Waals surface area contributed by atoms with Crippen LogP contribution in [0.1, 0.15) is 61.6 Å². The third-order valence-corrected chi connectivity index (χ3v) is 6.60. The molecule has 0 spiro atoms. The lowest BCUT2D eigenvalue weighted by molar-refractivity contribution is -0.0441. The van der Waals surface area contributed by atoms with Crippen LogP contribution in [-0.4, -0.2) is 22.6 Å². The number of phenols is 1. The van der Waals surface area contributed by atoms with E-state index >= 15 is 0 Å². The van der Waals surface area contributed by atoms with Crippen LogP contribution < -0.4 is 0 Å². The van der Waals surface area contributed by atoms with Gasteiger partial charge in [-0.15, -0.1) is 0 Å². The number of hydrogen-bond donors (Lipinski definition) is 1. The average molecular weight is 269 g/mol. The second-order valence-corrected chi connectivity index (χ2v) is 7.34. The van der Waals surface area contributed by atoms with Crippen molar-refractivity contribution in [2.45, 2.75) is 56.5 Å². The maximum atomic E-state index is 9.93. The molecule has 2 bridgehead atoms. The Balaban J connectivity index is 1.71. The van der Waals surface area contributed by atoms with Crippen LogP contribution in [0.4, 0.5) is 0 Å². The summed E-state index contributed by atoms with van der Waals surface area (Å²) in [6.45, 7) is 1.28. The van der Waals surface area contributed by atoms with Crippen molar-refractivity contribution in [2.75, 3.05) is 6.54 Å². The first-order valence-corrected chi connectivity index (χ1v) is 8.43. The monoisotopic (exact) mass is 269 g/mol. The SMILES string of the molecule is Oc1ccc2c(c1)[C@@H]1[C@H]3CCC[C@H]3[C@H]2[C@H]2CCCCN21. The minimum absolute atomic E-state index is 0.458. The second-order valence-electron chi connectivity index (χ2n) is 7.34. The molecule has 1 N–H and O–H groups in total. The number of hydrogen-bond acceptors (Lipinski definition) is 2. The number of nitrogens with zero attached hydrogens (tertiary/aromatic N) is 1. The van der Waals surface area contributed by atoms with Crippen LogP contribution in [0, 0.1) is 11.8 Å². The Morgan fingerprint density at radius 2 is 1.85 bits per heavy atom. The summed E-state index contributed by atoms with van der Waals surface area (Å²) in [6, 6.07) is 7.64. The lowest BCUT2D eigenvalue weighted by Crippen LogP contribution is -2.58. The minimum atomic E-state index is 0.458. The highest BCUT2D eigenvalue weighted by Crippen LogP contribution is 2.62. The van der Waals surface area contributed by atoms with Gasteiger partial charge in [0.2, 0.25) is 0 Å². The predicted molar refractivity (Wildman–Crippen MR) is 78.8 cm³/mol. The van der Waals surface area contributed by atoms with Gasteiger partial charge >= 0.3 is 0 Å². The van der Waals surface area contributed by atoms with Gasteiger partial charge in [-0.25, -0.2) is 0 Å². The molecule has 5 atom stereocenters. The fourth-order valence-electron chi connectivity index (χ4n) is 6.07. The molecule has 2 aliphatic carbocycles. The summed E-state index contributed by atoms with van der Waals surface area (Å²) >= 11 is 0. The largest absolute Gasteiger partial charge is 0.508 e. The summed E-state index contributed by atoms with van der Waals surface area (Å²) in [5.41, 5.74) is 3.05. The number of aromatic hydroxyl groups is 1. The third kappa shape index (κ3) is 1.34. The van der Waals surface area contributed by atoms with E-state index in [0.29, 0.717) is 11.8 Å². The molecule has 0 amide bonds. The van der Waals surface area contributed by atoms with Crippen molar-refractivity contribution < 1.29 is 5.11 Å². The molecular formula is C18H23NO. The molecule has 0 aromatic heterocycles. The molecule has 2 nitrogen and oxygen atoms in total. The molecule has 1 aromatic carbocycles. The number of benzene rings is 1. The summed E-state index contributed by atoms with van der Waals surface area (Å²) < 4.78 is 0. The van der Waals surface area contributed by atoms with Crippen molar-refractivity contribution in [2.24, 2.45) is 11.8 Å². The lowest BCUT2D eigenvalue weighted by Gasteiger charge is -2.59. The van der Waals surface area contributed by atoms with Crippen LogP contribution in [0.2, 0.25) is 0 Å². The Bertz CT molecular complexity index is 554. The third-order valence-electron chi connectivity index (χ3n) is 6.60. The molecule has 3 fully saturated rings. The van der Waals surface area contributed by atoms with E-state index in [1.165, 1.54) is 50.6 Å². The molecule has 1 aromatic rings. The van der Waals surface area contributed by atoms with Crippen molar-refractivity contribution in [3.05, 3.63) is 29.3 Å². The first-order chi connectivity index (χ1) is 9.84. The molecule has 2 saturated heterocycles. The van der Waals surface area contributed by atoms with Gasteiger partial charge in [-0.3, -0.25) is 4.90 Å². The van der Waals surface area contributed by atoms with Crippen LogP contribution in [0.3, 0.4) is 0 Å². The molecule has 3 aliphatic heterocycles. The zero-order valence-electron chi connectivity index (χ0n) is 12.0. The molecule has 3 heterocycles. The molecule has 2 heteroatoms. The molecule has 6 rings (SSSR count). The van der Waals surface area contributed by atoms with Gasteiger partial charge in [-0.1, -0.05) is 18.9 Å². The van der Waals surface area contributed by atoms with Gasteiger partial charge in [-0.05, 0) is 67.3 Å². The van der Waals surface area contributed by atoms with E-state index in [1.807, 2.05) is 6.07 Å². The van der Waals surface area contributed by atoms with Crippen molar-refractivity contribution >= 4 is 0 Å². The van der Waals surface area contributed by atoms with Crippen molar-refractivity contribution in [1.82, 2.24) is 4.90 Å². The molecule has 1 saturated carbocycles. The van der Waals surface area contributed by atoms with E-state index in [2.05, 4.69) is 17.0 Å². The normalized spacial score (nSPS) is 42.1. The highest BCUT2D eigenvalue weighted by molar-refractivity contribution is 5.46. The standard InChI is InChI=1S/C18H23NO/c20-11-7-8-13-15(10-11)18-14-5-3-4-12(14)17(13)16-6-1-2-9-19(16)18/h7-8,10,12,14,16-18,20H,1-6,9H2/t12-,14+,16-,17-,18+/m1/s1. The first kappa shape index (κ1) is 11.6. The average Bonchev–Trinajstić information content (AvgIpc) is 2.96. The van der Waals surface area contributed by atoms with Gasteiger partial charge in [0.15, 0.2) is 0 Å². The topological polar surface area (TPSA) is 23.5 Å².